The lowest BCUT2D eigenvalue weighted by atomic mass is 9.95. The van der Waals surface area contributed by atoms with Crippen molar-refractivity contribution in [2.45, 2.75) is 63.4 Å². The number of hydrogen-bond donors (Lipinski definition) is 1. The van der Waals surface area contributed by atoms with E-state index in [1.165, 1.54) is 30.3 Å². The van der Waals surface area contributed by atoms with Crippen LogP contribution >= 0.6 is 11.8 Å². The third-order valence-electron chi connectivity index (χ3n) is 5.96. The van der Waals surface area contributed by atoms with Crippen LogP contribution in [0, 0.1) is 10.1 Å². The predicted molar refractivity (Wildman–Crippen MR) is 131 cm³/mol. The van der Waals surface area contributed by atoms with Gasteiger partial charge in [0.15, 0.2) is 0 Å². The molecule has 0 aromatic heterocycles. The lowest BCUT2D eigenvalue weighted by Crippen LogP contribution is -2.50. The summed E-state index contributed by atoms with van der Waals surface area (Å²) in [5, 5.41) is 13.9. The van der Waals surface area contributed by atoms with Gasteiger partial charge < -0.3 is 10.2 Å². The summed E-state index contributed by atoms with van der Waals surface area (Å²) in [7, 11) is 0. The van der Waals surface area contributed by atoms with Gasteiger partial charge in [-0.05, 0) is 30.9 Å². The fourth-order valence-electron chi connectivity index (χ4n) is 3.98. The zero-order valence-corrected chi connectivity index (χ0v) is 19.8. The summed E-state index contributed by atoms with van der Waals surface area (Å²) in [6.07, 6.45) is 5.47. The van der Waals surface area contributed by atoms with Crippen molar-refractivity contribution in [3.05, 3.63) is 75.8 Å². The van der Waals surface area contributed by atoms with Gasteiger partial charge in [-0.15, -0.1) is 11.8 Å². The Bertz CT molecular complexity index is 930. The summed E-state index contributed by atoms with van der Waals surface area (Å²) in [6, 6.07) is 15.7. The van der Waals surface area contributed by atoms with Crippen LogP contribution in [0.1, 0.15) is 50.2 Å². The minimum atomic E-state index is -0.570. The quantitative estimate of drug-likeness (QED) is 0.402. The highest BCUT2D eigenvalue weighted by atomic mass is 32.2. The van der Waals surface area contributed by atoms with Gasteiger partial charge in [-0.2, -0.15) is 0 Å². The number of non-ortho nitro benzene ring substituents is 1. The average molecular weight is 470 g/mol. The maximum atomic E-state index is 13.2. The van der Waals surface area contributed by atoms with Crippen molar-refractivity contribution < 1.29 is 14.5 Å². The number of carbonyl (C=O) groups excluding carboxylic acids is 2. The van der Waals surface area contributed by atoms with Gasteiger partial charge in [-0.3, -0.25) is 19.7 Å². The van der Waals surface area contributed by atoms with Gasteiger partial charge in [0.2, 0.25) is 11.8 Å². The van der Waals surface area contributed by atoms with Crippen molar-refractivity contribution in [2.24, 2.45) is 0 Å². The number of nitro benzene ring substituents is 1. The van der Waals surface area contributed by atoms with E-state index in [0.29, 0.717) is 12.3 Å². The minimum absolute atomic E-state index is 0.0478. The molecule has 2 amide bonds. The van der Waals surface area contributed by atoms with Gasteiger partial charge in [-0.25, -0.2) is 0 Å². The molecule has 0 bridgehead atoms. The molecule has 1 saturated carbocycles. The Kier molecular flexibility index (Phi) is 9.30. The molecule has 1 aliphatic rings. The molecular formula is C25H31N3O4S. The molecule has 7 nitrogen and oxygen atoms in total. The Morgan fingerprint density at radius 2 is 1.73 bits per heavy atom. The van der Waals surface area contributed by atoms with Crippen LogP contribution in [0.15, 0.2) is 54.6 Å². The number of thioether (sulfide) groups is 1. The van der Waals surface area contributed by atoms with Crippen LogP contribution in [0.4, 0.5) is 5.69 Å². The molecule has 2 aromatic rings. The molecule has 1 aliphatic carbocycles. The third kappa shape index (κ3) is 7.60. The molecule has 0 saturated heterocycles. The molecule has 0 unspecified atom stereocenters. The highest BCUT2D eigenvalue weighted by molar-refractivity contribution is 7.99. The van der Waals surface area contributed by atoms with Crippen LogP contribution in [0.2, 0.25) is 0 Å². The van der Waals surface area contributed by atoms with E-state index in [-0.39, 0.29) is 29.3 Å². The van der Waals surface area contributed by atoms with E-state index in [2.05, 4.69) is 5.32 Å². The molecule has 176 valence electrons. The van der Waals surface area contributed by atoms with Gasteiger partial charge in [0.05, 0.1) is 10.7 Å². The zero-order valence-electron chi connectivity index (χ0n) is 18.9. The Hall–Kier alpha value is -2.87. The van der Waals surface area contributed by atoms with E-state index >= 15 is 0 Å². The Morgan fingerprint density at radius 1 is 1.06 bits per heavy atom. The molecule has 0 aliphatic heterocycles. The van der Waals surface area contributed by atoms with Crippen LogP contribution in [0.3, 0.4) is 0 Å². The first-order chi connectivity index (χ1) is 15.9. The number of nitrogens with zero attached hydrogens (tertiary/aromatic N) is 2. The van der Waals surface area contributed by atoms with E-state index in [0.717, 1.165) is 36.8 Å². The van der Waals surface area contributed by atoms with Crippen molar-refractivity contribution in [3.8, 4) is 0 Å². The fourth-order valence-corrected chi connectivity index (χ4v) is 4.86. The highest BCUT2D eigenvalue weighted by Gasteiger charge is 2.28. The number of benzene rings is 2. The average Bonchev–Trinajstić information content (AvgIpc) is 2.83. The second kappa shape index (κ2) is 12.4. The van der Waals surface area contributed by atoms with Gasteiger partial charge in [-0.1, -0.05) is 61.7 Å². The third-order valence-corrected chi connectivity index (χ3v) is 6.94. The fraction of sp³-hybridized carbons (Fsp3) is 0.440. The normalized spacial score (nSPS) is 14.9. The summed E-state index contributed by atoms with van der Waals surface area (Å²) in [5.74, 6) is 0.583. The van der Waals surface area contributed by atoms with Crippen molar-refractivity contribution in [1.82, 2.24) is 10.2 Å². The number of nitrogens with one attached hydrogen (secondary N) is 1. The molecule has 1 N–H and O–H groups in total. The van der Waals surface area contributed by atoms with E-state index < -0.39 is 11.0 Å². The summed E-state index contributed by atoms with van der Waals surface area (Å²) >= 11 is 1.44. The lowest BCUT2D eigenvalue weighted by molar-refractivity contribution is -0.384. The minimum Gasteiger partial charge on any atom is -0.352 e. The second-order valence-corrected chi connectivity index (χ2v) is 9.43. The molecule has 33 heavy (non-hydrogen) atoms. The molecular weight excluding hydrogens is 438 g/mol. The maximum absolute atomic E-state index is 13.2. The largest absolute Gasteiger partial charge is 0.352 e. The number of amides is 2. The Morgan fingerprint density at radius 3 is 2.36 bits per heavy atom. The lowest BCUT2D eigenvalue weighted by Gasteiger charge is -2.31. The smallest absolute Gasteiger partial charge is 0.269 e. The van der Waals surface area contributed by atoms with Crippen LogP contribution in [-0.4, -0.2) is 39.5 Å². The first kappa shape index (κ1) is 24.8. The Labute approximate surface area is 199 Å². The number of hydrogen-bond acceptors (Lipinski definition) is 5. The maximum Gasteiger partial charge on any atom is 0.269 e. The van der Waals surface area contributed by atoms with Crippen LogP contribution in [0.25, 0.3) is 0 Å². The molecule has 0 heterocycles. The SMILES string of the molecule is C[C@@H](C(=O)NC1CCCCC1)N(Cc1ccccc1)C(=O)CSCc1ccc([N+](=O)[O-])cc1. The molecule has 1 atom stereocenters. The van der Waals surface area contributed by atoms with Crippen molar-refractivity contribution >= 4 is 29.3 Å². The summed E-state index contributed by atoms with van der Waals surface area (Å²) in [4.78, 5) is 38.1. The summed E-state index contributed by atoms with van der Waals surface area (Å²) < 4.78 is 0. The molecule has 1 fully saturated rings. The molecule has 8 heteroatoms. The number of nitro groups is 1. The van der Waals surface area contributed by atoms with Crippen molar-refractivity contribution in [3.63, 3.8) is 0 Å². The first-order valence-corrected chi connectivity index (χ1v) is 12.5. The second-order valence-electron chi connectivity index (χ2n) is 8.44. The molecule has 0 spiro atoms. The monoisotopic (exact) mass is 469 g/mol. The molecule has 3 rings (SSSR count). The standard InChI is InChI=1S/C25H31N3O4S/c1-19(25(30)26-22-10-6-3-7-11-22)27(16-20-8-4-2-5-9-20)24(29)18-33-17-21-12-14-23(15-13-21)28(31)32/h2,4-5,8-9,12-15,19,22H,3,6-7,10-11,16-18H2,1H3,(H,26,30)/t19-/m0/s1. The van der Waals surface area contributed by atoms with Crippen molar-refractivity contribution in [1.29, 1.82) is 0 Å². The van der Waals surface area contributed by atoms with E-state index in [1.807, 2.05) is 30.3 Å². The molecule has 2 aromatic carbocycles. The van der Waals surface area contributed by atoms with E-state index in [1.54, 1.807) is 24.0 Å². The van der Waals surface area contributed by atoms with Crippen LogP contribution < -0.4 is 5.32 Å². The Balaban J connectivity index is 1.61. The van der Waals surface area contributed by atoms with E-state index in [4.69, 9.17) is 0 Å². The van der Waals surface area contributed by atoms with Crippen molar-refractivity contribution in [2.75, 3.05) is 5.75 Å². The highest BCUT2D eigenvalue weighted by Crippen LogP contribution is 2.20. The first-order valence-electron chi connectivity index (χ1n) is 11.4. The van der Waals surface area contributed by atoms with Gasteiger partial charge in [0, 0.05) is 30.5 Å². The summed E-state index contributed by atoms with van der Waals surface area (Å²) in [6.45, 7) is 2.16. The van der Waals surface area contributed by atoms with Gasteiger partial charge >= 0.3 is 0 Å². The zero-order chi connectivity index (χ0) is 23.6. The predicted octanol–water partition coefficient (Wildman–Crippen LogP) is 4.69. The van der Waals surface area contributed by atoms with Gasteiger partial charge in [0.1, 0.15) is 6.04 Å². The van der Waals surface area contributed by atoms with Gasteiger partial charge in [0.25, 0.3) is 5.69 Å². The number of carbonyl (C=O) groups is 2. The molecule has 0 radical (unpaired) electrons. The topological polar surface area (TPSA) is 92.6 Å². The number of rotatable bonds is 10. The van der Waals surface area contributed by atoms with E-state index in [9.17, 15) is 19.7 Å². The summed E-state index contributed by atoms with van der Waals surface area (Å²) in [5.41, 5.74) is 1.94. The van der Waals surface area contributed by atoms with Crippen LogP contribution in [-0.2, 0) is 21.9 Å². The van der Waals surface area contributed by atoms with Crippen LogP contribution in [0.5, 0.6) is 0 Å².